The second-order valence-corrected chi connectivity index (χ2v) is 6.47. The summed E-state index contributed by atoms with van der Waals surface area (Å²) in [7, 11) is -3.76. The summed E-state index contributed by atoms with van der Waals surface area (Å²) in [4.78, 5) is 16.5. The molecule has 0 saturated heterocycles. The number of nitrogens with one attached hydrogen (secondary N) is 1. The van der Waals surface area contributed by atoms with E-state index in [1.807, 2.05) is 6.92 Å². The molecule has 0 fully saturated rings. The second-order valence-electron chi connectivity index (χ2n) is 4.91. The van der Waals surface area contributed by atoms with Crippen LogP contribution in [0.2, 0.25) is 0 Å². The highest BCUT2D eigenvalue weighted by molar-refractivity contribution is 7.89. The molecule has 3 N–H and O–H groups in total. The highest BCUT2D eigenvalue weighted by atomic mass is 32.2. The molecule has 0 radical (unpaired) electrons. The summed E-state index contributed by atoms with van der Waals surface area (Å²) in [6.07, 6.45) is 1.52. The molecule has 3 aromatic rings. The minimum Gasteiger partial charge on any atom is -0.321 e. The van der Waals surface area contributed by atoms with Crippen LogP contribution in [0.25, 0.3) is 5.65 Å². The van der Waals surface area contributed by atoms with Crippen LogP contribution in [0.15, 0.2) is 47.5 Å². The van der Waals surface area contributed by atoms with Crippen LogP contribution in [0, 0.1) is 6.92 Å². The molecule has 8 nitrogen and oxygen atoms in total. The predicted molar refractivity (Wildman–Crippen MR) is 83.5 cm³/mol. The summed E-state index contributed by atoms with van der Waals surface area (Å²) in [6.45, 7) is 1.81. The van der Waals surface area contributed by atoms with Crippen molar-refractivity contribution in [2.24, 2.45) is 5.14 Å². The zero-order chi connectivity index (χ0) is 16.6. The van der Waals surface area contributed by atoms with E-state index in [0.29, 0.717) is 17.0 Å². The number of nitrogens with zero attached hydrogens (tertiary/aromatic N) is 3. The minimum absolute atomic E-state index is 0.0236. The van der Waals surface area contributed by atoms with Crippen molar-refractivity contribution >= 4 is 27.3 Å². The molecule has 0 atom stereocenters. The number of nitrogens with two attached hydrogens (primary N) is 1. The first-order valence-electron chi connectivity index (χ1n) is 6.60. The van der Waals surface area contributed by atoms with Crippen LogP contribution in [0.5, 0.6) is 0 Å². The number of aryl methyl sites for hydroxylation is 1. The van der Waals surface area contributed by atoms with Crippen molar-refractivity contribution < 1.29 is 13.2 Å². The number of aromatic nitrogens is 3. The van der Waals surface area contributed by atoms with E-state index in [0.717, 1.165) is 5.69 Å². The normalized spacial score (nSPS) is 11.6. The standard InChI is InChI=1S/C14H13N5O3S/c1-9-8-13-16-7-6-12(19(13)18-9)14(20)17-10-2-4-11(5-3-10)23(15,21)22/h2-8H,1H3,(H,17,20)(H2,15,21,22). The Morgan fingerprint density at radius 2 is 1.91 bits per heavy atom. The van der Waals surface area contributed by atoms with Gasteiger partial charge in [-0.15, -0.1) is 0 Å². The van der Waals surface area contributed by atoms with Crippen LogP contribution in [0.1, 0.15) is 16.2 Å². The molecule has 0 aliphatic heterocycles. The molecule has 2 heterocycles. The van der Waals surface area contributed by atoms with Crippen LogP contribution in [0.3, 0.4) is 0 Å². The van der Waals surface area contributed by atoms with Crippen LogP contribution in [-0.4, -0.2) is 28.9 Å². The van der Waals surface area contributed by atoms with Gasteiger partial charge in [-0.25, -0.2) is 23.1 Å². The number of sulfonamides is 1. The first-order chi connectivity index (χ1) is 10.8. The van der Waals surface area contributed by atoms with Gasteiger partial charge < -0.3 is 5.32 Å². The molecular formula is C14H13N5O3S. The molecule has 2 aromatic heterocycles. The molecule has 1 amide bonds. The van der Waals surface area contributed by atoms with E-state index in [2.05, 4.69) is 15.4 Å². The maximum atomic E-state index is 12.4. The molecule has 0 bridgehead atoms. The molecule has 9 heteroatoms. The van der Waals surface area contributed by atoms with Gasteiger partial charge in [-0.05, 0) is 37.3 Å². The highest BCUT2D eigenvalue weighted by Gasteiger charge is 2.13. The van der Waals surface area contributed by atoms with Crippen molar-refractivity contribution in [2.75, 3.05) is 5.32 Å². The summed E-state index contributed by atoms with van der Waals surface area (Å²) >= 11 is 0. The number of carbonyl (C=O) groups excluding carboxylic acids is 1. The zero-order valence-corrected chi connectivity index (χ0v) is 12.9. The quantitative estimate of drug-likeness (QED) is 0.740. The van der Waals surface area contributed by atoms with Gasteiger partial charge in [0.25, 0.3) is 5.91 Å². The maximum Gasteiger partial charge on any atom is 0.274 e. The summed E-state index contributed by atoms with van der Waals surface area (Å²) in [5.41, 5.74) is 2.07. The van der Waals surface area contributed by atoms with Gasteiger partial charge in [-0.3, -0.25) is 4.79 Å². The summed E-state index contributed by atoms with van der Waals surface area (Å²) < 4.78 is 23.9. The minimum atomic E-state index is -3.76. The molecule has 0 spiro atoms. The Morgan fingerprint density at radius 3 is 2.57 bits per heavy atom. The van der Waals surface area contributed by atoms with Crippen LogP contribution >= 0.6 is 0 Å². The topological polar surface area (TPSA) is 119 Å². The Labute approximate surface area is 132 Å². The predicted octanol–water partition coefficient (Wildman–Crippen LogP) is 0.937. The number of benzene rings is 1. The number of hydrogen-bond donors (Lipinski definition) is 2. The number of primary sulfonamides is 1. The zero-order valence-electron chi connectivity index (χ0n) is 12.1. The fraction of sp³-hybridized carbons (Fsp3) is 0.0714. The van der Waals surface area contributed by atoms with E-state index in [1.165, 1.54) is 35.0 Å². The van der Waals surface area contributed by atoms with Gasteiger partial charge in [0.2, 0.25) is 10.0 Å². The lowest BCUT2D eigenvalue weighted by Gasteiger charge is -2.07. The third-order valence-corrected chi connectivity index (χ3v) is 4.08. The summed E-state index contributed by atoms with van der Waals surface area (Å²) in [5, 5.41) is 11.9. The number of rotatable bonds is 3. The van der Waals surface area contributed by atoms with Gasteiger partial charge in [-0.1, -0.05) is 0 Å². The summed E-state index contributed by atoms with van der Waals surface area (Å²) in [6, 6.07) is 8.89. The molecular weight excluding hydrogens is 318 g/mol. The molecule has 3 rings (SSSR count). The molecule has 0 unspecified atom stereocenters. The Balaban J connectivity index is 1.89. The van der Waals surface area contributed by atoms with Gasteiger partial charge in [0.05, 0.1) is 10.6 Å². The van der Waals surface area contributed by atoms with Crippen molar-refractivity contribution in [1.82, 2.24) is 14.6 Å². The maximum absolute atomic E-state index is 12.4. The fourth-order valence-corrected chi connectivity index (χ4v) is 2.62. The number of hydrogen-bond acceptors (Lipinski definition) is 5. The molecule has 1 aromatic carbocycles. The van der Waals surface area contributed by atoms with Crippen molar-refractivity contribution in [2.45, 2.75) is 11.8 Å². The van der Waals surface area contributed by atoms with E-state index in [4.69, 9.17) is 5.14 Å². The van der Waals surface area contributed by atoms with Crippen LogP contribution < -0.4 is 10.5 Å². The van der Waals surface area contributed by atoms with Crippen molar-refractivity contribution in [1.29, 1.82) is 0 Å². The molecule has 0 aliphatic rings. The van der Waals surface area contributed by atoms with Gasteiger partial charge >= 0.3 is 0 Å². The molecule has 0 aliphatic carbocycles. The van der Waals surface area contributed by atoms with Gasteiger partial charge in [0.15, 0.2) is 5.65 Å². The number of carbonyl (C=O) groups is 1. The fourth-order valence-electron chi connectivity index (χ4n) is 2.10. The first kappa shape index (κ1) is 15.1. The van der Waals surface area contributed by atoms with E-state index in [9.17, 15) is 13.2 Å². The van der Waals surface area contributed by atoms with E-state index in [1.54, 1.807) is 12.1 Å². The molecule has 0 saturated carbocycles. The van der Waals surface area contributed by atoms with E-state index >= 15 is 0 Å². The van der Waals surface area contributed by atoms with Gasteiger partial charge in [0, 0.05) is 18.0 Å². The lowest BCUT2D eigenvalue weighted by atomic mass is 10.3. The lowest BCUT2D eigenvalue weighted by Crippen LogP contribution is -2.17. The summed E-state index contributed by atoms with van der Waals surface area (Å²) in [5.74, 6) is -0.385. The van der Waals surface area contributed by atoms with E-state index < -0.39 is 10.0 Å². The number of anilines is 1. The monoisotopic (exact) mass is 331 g/mol. The SMILES string of the molecule is Cc1cc2nccc(C(=O)Nc3ccc(S(N)(=O)=O)cc3)n2n1. The number of amides is 1. The molecule has 118 valence electrons. The Bertz CT molecular complexity index is 993. The smallest absolute Gasteiger partial charge is 0.274 e. The first-order valence-corrected chi connectivity index (χ1v) is 8.15. The lowest BCUT2D eigenvalue weighted by molar-refractivity contribution is 0.102. The highest BCUT2D eigenvalue weighted by Crippen LogP contribution is 2.14. The van der Waals surface area contributed by atoms with Crippen molar-refractivity contribution in [3.63, 3.8) is 0 Å². The van der Waals surface area contributed by atoms with E-state index in [-0.39, 0.29) is 10.8 Å². The molecule has 23 heavy (non-hydrogen) atoms. The Kier molecular flexibility index (Phi) is 3.58. The largest absolute Gasteiger partial charge is 0.321 e. The van der Waals surface area contributed by atoms with Crippen LogP contribution in [0.4, 0.5) is 5.69 Å². The van der Waals surface area contributed by atoms with Gasteiger partial charge in [0.1, 0.15) is 5.69 Å². The van der Waals surface area contributed by atoms with Gasteiger partial charge in [-0.2, -0.15) is 5.10 Å². The number of fused-ring (bicyclic) bond motifs is 1. The third kappa shape index (κ3) is 3.05. The van der Waals surface area contributed by atoms with Crippen molar-refractivity contribution in [3.8, 4) is 0 Å². The van der Waals surface area contributed by atoms with Crippen molar-refractivity contribution in [3.05, 3.63) is 54.0 Å². The Hall–Kier alpha value is -2.78. The third-order valence-electron chi connectivity index (χ3n) is 3.15. The Morgan fingerprint density at radius 1 is 1.22 bits per heavy atom. The van der Waals surface area contributed by atoms with Crippen LogP contribution in [-0.2, 0) is 10.0 Å². The average Bonchev–Trinajstić information content (AvgIpc) is 2.86. The average molecular weight is 331 g/mol. The second kappa shape index (κ2) is 5.45.